The molecule has 132 valence electrons. The average Bonchev–Trinajstić information content (AvgIpc) is 2.65. The number of ether oxygens (including phenoxy) is 2. The topological polar surface area (TPSA) is 50.8 Å². The highest BCUT2D eigenvalue weighted by Gasteiger charge is 2.25. The fraction of sp³-hybridized carbons (Fsp3) is 0.316. The summed E-state index contributed by atoms with van der Waals surface area (Å²) in [6.45, 7) is 3.36. The van der Waals surface area contributed by atoms with Gasteiger partial charge in [0.1, 0.15) is 5.75 Å². The first-order valence-corrected chi connectivity index (χ1v) is 8.69. The molecule has 1 aliphatic rings. The Hall–Kier alpha value is -2.08. The summed E-state index contributed by atoms with van der Waals surface area (Å²) >= 11 is 6.38. The van der Waals surface area contributed by atoms with Gasteiger partial charge in [-0.25, -0.2) is 4.79 Å². The summed E-state index contributed by atoms with van der Waals surface area (Å²) in [5, 5.41) is 3.54. The summed E-state index contributed by atoms with van der Waals surface area (Å²) in [5.74, 6) is 0.515. The third-order valence-corrected chi connectivity index (χ3v) is 4.49. The largest absolute Gasteiger partial charge is 0.412 e. The second kappa shape index (κ2) is 8.85. The molecule has 0 aromatic heterocycles. The molecule has 3 rings (SSSR count). The second-order valence-electron chi connectivity index (χ2n) is 5.77. The standard InChI is InChI=1S/C19H21ClN2O3/c20-17-9-5-4-8-16(17)18(22-10-12-24-13-11-22)14-21-19(23)25-15-6-2-1-3-7-15/h1-9,18H,10-14H2,(H,21,23). The Morgan fingerprint density at radius 1 is 1.12 bits per heavy atom. The summed E-state index contributed by atoms with van der Waals surface area (Å²) in [5.41, 5.74) is 0.992. The summed E-state index contributed by atoms with van der Waals surface area (Å²) in [7, 11) is 0. The van der Waals surface area contributed by atoms with E-state index >= 15 is 0 Å². The highest BCUT2D eigenvalue weighted by Crippen LogP contribution is 2.27. The molecule has 1 unspecified atom stereocenters. The van der Waals surface area contributed by atoms with Crippen molar-refractivity contribution in [2.24, 2.45) is 0 Å². The highest BCUT2D eigenvalue weighted by atomic mass is 35.5. The van der Waals surface area contributed by atoms with Crippen LogP contribution in [0.15, 0.2) is 54.6 Å². The lowest BCUT2D eigenvalue weighted by molar-refractivity contribution is 0.0164. The summed E-state index contributed by atoms with van der Waals surface area (Å²) in [6.07, 6.45) is -0.475. The van der Waals surface area contributed by atoms with Gasteiger partial charge in [0.2, 0.25) is 0 Å². The Bertz CT molecular complexity index is 690. The van der Waals surface area contributed by atoms with Gasteiger partial charge in [-0.15, -0.1) is 0 Å². The van der Waals surface area contributed by atoms with E-state index in [1.807, 2.05) is 42.5 Å². The van der Waals surface area contributed by atoms with Crippen molar-refractivity contribution < 1.29 is 14.3 Å². The molecule has 1 atom stereocenters. The first-order valence-electron chi connectivity index (χ1n) is 8.31. The van der Waals surface area contributed by atoms with Gasteiger partial charge in [0.05, 0.1) is 19.3 Å². The molecule has 0 saturated carbocycles. The summed E-state index contributed by atoms with van der Waals surface area (Å²) in [6, 6.07) is 16.7. The van der Waals surface area contributed by atoms with Crippen molar-refractivity contribution >= 4 is 17.7 Å². The molecular weight excluding hydrogens is 340 g/mol. The van der Waals surface area contributed by atoms with Gasteiger partial charge in [-0.1, -0.05) is 48.0 Å². The molecule has 2 aromatic rings. The maximum Gasteiger partial charge on any atom is 0.412 e. The van der Waals surface area contributed by atoms with Crippen LogP contribution in [0.4, 0.5) is 4.79 Å². The fourth-order valence-electron chi connectivity index (χ4n) is 2.88. The number of carbonyl (C=O) groups is 1. The maximum absolute atomic E-state index is 12.1. The number of morpholine rings is 1. The highest BCUT2D eigenvalue weighted by molar-refractivity contribution is 6.31. The first kappa shape index (κ1) is 17.7. The number of rotatable bonds is 5. The van der Waals surface area contributed by atoms with Gasteiger partial charge in [0.25, 0.3) is 0 Å². The summed E-state index contributed by atoms with van der Waals surface area (Å²) < 4.78 is 10.7. The molecule has 6 heteroatoms. The van der Waals surface area contributed by atoms with Gasteiger partial charge in [-0.3, -0.25) is 4.90 Å². The van der Waals surface area contributed by atoms with Crippen molar-refractivity contribution in [1.29, 1.82) is 0 Å². The van der Waals surface area contributed by atoms with Crippen LogP contribution in [0, 0.1) is 0 Å². The molecule has 1 N–H and O–H groups in total. The van der Waals surface area contributed by atoms with E-state index < -0.39 is 6.09 Å². The van der Waals surface area contributed by atoms with Crippen molar-refractivity contribution in [2.75, 3.05) is 32.8 Å². The molecule has 0 radical (unpaired) electrons. The number of benzene rings is 2. The molecule has 25 heavy (non-hydrogen) atoms. The number of para-hydroxylation sites is 1. The number of halogens is 1. The van der Waals surface area contributed by atoms with Gasteiger partial charge >= 0.3 is 6.09 Å². The van der Waals surface area contributed by atoms with E-state index in [4.69, 9.17) is 21.1 Å². The molecule has 1 amide bonds. The third-order valence-electron chi connectivity index (χ3n) is 4.14. The van der Waals surface area contributed by atoms with Crippen LogP contribution in [-0.4, -0.2) is 43.8 Å². The summed E-state index contributed by atoms with van der Waals surface area (Å²) in [4.78, 5) is 14.4. The van der Waals surface area contributed by atoms with Gasteiger partial charge < -0.3 is 14.8 Å². The molecule has 1 aliphatic heterocycles. The SMILES string of the molecule is O=C(NCC(c1ccccc1Cl)N1CCOCC1)Oc1ccccc1. The molecule has 0 spiro atoms. The van der Waals surface area contributed by atoms with E-state index in [0.717, 1.165) is 18.7 Å². The first-order chi connectivity index (χ1) is 12.2. The number of hydrogen-bond donors (Lipinski definition) is 1. The van der Waals surface area contributed by atoms with Gasteiger partial charge in [0.15, 0.2) is 0 Å². The zero-order valence-corrected chi connectivity index (χ0v) is 14.6. The van der Waals surface area contributed by atoms with E-state index in [0.29, 0.717) is 30.5 Å². The molecule has 1 fully saturated rings. The Kier molecular flexibility index (Phi) is 6.28. The van der Waals surface area contributed by atoms with Crippen molar-refractivity contribution in [3.63, 3.8) is 0 Å². The number of hydrogen-bond acceptors (Lipinski definition) is 4. The van der Waals surface area contributed by atoms with Crippen LogP contribution in [0.5, 0.6) is 5.75 Å². The molecule has 0 aliphatic carbocycles. The van der Waals surface area contributed by atoms with Crippen LogP contribution in [0.2, 0.25) is 5.02 Å². The average molecular weight is 361 g/mol. The number of nitrogens with zero attached hydrogens (tertiary/aromatic N) is 1. The van der Waals surface area contributed by atoms with Crippen LogP contribution in [0.3, 0.4) is 0 Å². The Balaban J connectivity index is 1.67. The minimum Gasteiger partial charge on any atom is -0.410 e. The molecular formula is C19H21ClN2O3. The predicted octanol–water partition coefficient (Wildman–Crippen LogP) is 3.50. The monoisotopic (exact) mass is 360 g/mol. The molecule has 1 saturated heterocycles. The van der Waals surface area contributed by atoms with Crippen LogP contribution in [-0.2, 0) is 4.74 Å². The van der Waals surface area contributed by atoms with E-state index in [1.54, 1.807) is 12.1 Å². The lowest BCUT2D eigenvalue weighted by Crippen LogP contribution is -2.44. The van der Waals surface area contributed by atoms with Crippen LogP contribution in [0.1, 0.15) is 11.6 Å². The quantitative estimate of drug-likeness (QED) is 0.886. The Labute approximate surface area is 152 Å². The van der Waals surface area contributed by atoms with Crippen LogP contribution in [0.25, 0.3) is 0 Å². The van der Waals surface area contributed by atoms with Crippen molar-refractivity contribution in [3.8, 4) is 5.75 Å². The van der Waals surface area contributed by atoms with Gasteiger partial charge in [-0.2, -0.15) is 0 Å². The van der Waals surface area contributed by atoms with E-state index in [9.17, 15) is 4.79 Å². The molecule has 2 aromatic carbocycles. The molecule has 5 nitrogen and oxygen atoms in total. The molecule has 0 bridgehead atoms. The Morgan fingerprint density at radius 3 is 2.52 bits per heavy atom. The second-order valence-corrected chi connectivity index (χ2v) is 6.18. The van der Waals surface area contributed by atoms with E-state index in [1.165, 1.54) is 0 Å². The van der Waals surface area contributed by atoms with Gasteiger partial charge in [-0.05, 0) is 23.8 Å². The van der Waals surface area contributed by atoms with Crippen LogP contribution >= 0.6 is 11.6 Å². The van der Waals surface area contributed by atoms with E-state index in [2.05, 4.69) is 10.2 Å². The van der Waals surface area contributed by atoms with Crippen molar-refractivity contribution in [2.45, 2.75) is 6.04 Å². The number of carbonyl (C=O) groups excluding carboxylic acids is 1. The van der Waals surface area contributed by atoms with E-state index in [-0.39, 0.29) is 6.04 Å². The smallest absolute Gasteiger partial charge is 0.410 e. The number of amides is 1. The lowest BCUT2D eigenvalue weighted by atomic mass is 10.0. The molecule has 1 heterocycles. The lowest BCUT2D eigenvalue weighted by Gasteiger charge is -2.35. The Morgan fingerprint density at radius 2 is 1.80 bits per heavy atom. The zero-order chi connectivity index (χ0) is 17.5. The maximum atomic E-state index is 12.1. The predicted molar refractivity (Wildman–Crippen MR) is 97.1 cm³/mol. The third kappa shape index (κ3) is 4.95. The zero-order valence-electron chi connectivity index (χ0n) is 13.9. The van der Waals surface area contributed by atoms with Crippen LogP contribution < -0.4 is 10.1 Å². The number of nitrogens with one attached hydrogen (secondary N) is 1. The fourth-order valence-corrected chi connectivity index (χ4v) is 3.14. The normalized spacial score (nSPS) is 16.2. The van der Waals surface area contributed by atoms with Gasteiger partial charge in [0, 0.05) is 24.7 Å². The van der Waals surface area contributed by atoms with Crippen molar-refractivity contribution in [1.82, 2.24) is 10.2 Å². The van der Waals surface area contributed by atoms with Crippen molar-refractivity contribution in [3.05, 3.63) is 65.2 Å². The minimum atomic E-state index is -0.475. The minimum absolute atomic E-state index is 0.0269.